The Morgan fingerprint density at radius 1 is 1.19 bits per heavy atom. The highest BCUT2D eigenvalue weighted by Crippen LogP contribution is 2.20. The number of hydrogen-bond acceptors (Lipinski definition) is 5. The summed E-state index contributed by atoms with van der Waals surface area (Å²) in [5.74, 6) is 0.842. The van der Waals surface area contributed by atoms with Gasteiger partial charge in [-0.25, -0.2) is 4.79 Å². The molecule has 1 fully saturated rings. The molecule has 1 aliphatic heterocycles. The zero-order valence-corrected chi connectivity index (χ0v) is 18.7. The summed E-state index contributed by atoms with van der Waals surface area (Å²) in [6.07, 6.45) is 3.95. The van der Waals surface area contributed by atoms with Crippen molar-refractivity contribution >= 4 is 35.9 Å². The summed E-state index contributed by atoms with van der Waals surface area (Å²) in [4.78, 5) is 18.6. The molecule has 2 N–H and O–H groups in total. The first kappa shape index (κ1) is 23.5. The molecule has 0 spiro atoms. The topological polar surface area (TPSA) is 75.2 Å². The van der Waals surface area contributed by atoms with Crippen molar-refractivity contribution in [3.8, 4) is 5.75 Å². The lowest BCUT2D eigenvalue weighted by atomic mass is 10.1. The van der Waals surface area contributed by atoms with Crippen molar-refractivity contribution in [2.75, 3.05) is 47.4 Å². The molecule has 152 valence electrons. The molecule has 7 nitrogen and oxygen atoms in total. The van der Waals surface area contributed by atoms with Gasteiger partial charge in [-0.3, -0.25) is 4.99 Å². The van der Waals surface area contributed by atoms with E-state index in [0.717, 1.165) is 24.6 Å². The molecule has 0 unspecified atom stereocenters. The highest BCUT2D eigenvalue weighted by molar-refractivity contribution is 14.0. The molecular weight excluding hydrogens is 459 g/mol. The van der Waals surface area contributed by atoms with E-state index < -0.39 is 5.97 Å². The first-order valence-electron chi connectivity index (χ1n) is 9.10. The number of nitrogens with zero attached hydrogens (tertiary/aromatic N) is 2. The van der Waals surface area contributed by atoms with Crippen LogP contribution in [0.2, 0.25) is 0 Å². The highest BCUT2D eigenvalue weighted by atomic mass is 127. The quantitative estimate of drug-likeness (QED) is 0.265. The summed E-state index contributed by atoms with van der Waals surface area (Å²) < 4.78 is 10.0. The van der Waals surface area contributed by atoms with Crippen molar-refractivity contribution in [3.05, 3.63) is 29.3 Å². The van der Waals surface area contributed by atoms with Crippen LogP contribution in [0.15, 0.2) is 23.2 Å². The van der Waals surface area contributed by atoms with Gasteiger partial charge in [-0.1, -0.05) is 12.5 Å². The van der Waals surface area contributed by atoms with E-state index in [1.54, 1.807) is 19.2 Å². The third kappa shape index (κ3) is 7.53. The average Bonchev–Trinajstić information content (AvgIpc) is 2.70. The molecule has 1 heterocycles. The predicted octanol–water partition coefficient (Wildman–Crippen LogP) is 2.25. The number of likely N-dealkylation sites (tertiary alicyclic amines) is 1. The first-order chi connectivity index (χ1) is 12.7. The third-order valence-electron chi connectivity index (χ3n) is 4.52. The predicted molar refractivity (Wildman–Crippen MR) is 118 cm³/mol. The summed E-state index contributed by atoms with van der Waals surface area (Å²) >= 11 is 0. The highest BCUT2D eigenvalue weighted by Gasteiger charge is 2.14. The van der Waals surface area contributed by atoms with Gasteiger partial charge in [0, 0.05) is 26.7 Å². The Balaban J connectivity index is 0.00000364. The van der Waals surface area contributed by atoms with Gasteiger partial charge in [0.15, 0.2) is 5.96 Å². The first-order valence-corrected chi connectivity index (χ1v) is 9.10. The Kier molecular flexibility index (Phi) is 11.1. The van der Waals surface area contributed by atoms with Crippen molar-refractivity contribution in [1.29, 1.82) is 0 Å². The standard InChI is InChI=1S/C19H30N4O3.HI/c1-20-19(21-9-12-23-10-5-4-6-11-23)22-14-15-7-8-17(25-2)16(13-15)18(24)26-3;/h7-8,13H,4-6,9-12,14H2,1-3H3,(H2,20,21,22);1H. The van der Waals surface area contributed by atoms with Crippen molar-refractivity contribution < 1.29 is 14.3 Å². The number of hydrogen-bond donors (Lipinski definition) is 2. The van der Waals surface area contributed by atoms with Gasteiger partial charge in [0.25, 0.3) is 0 Å². The molecule has 1 aromatic rings. The second kappa shape index (κ2) is 12.8. The molecule has 0 aromatic heterocycles. The minimum absolute atomic E-state index is 0. The second-order valence-corrected chi connectivity index (χ2v) is 6.28. The summed E-state index contributed by atoms with van der Waals surface area (Å²) in [6, 6.07) is 5.47. The van der Waals surface area contributed by atoms with Crippen LogP contribution in [0.4, 0.5) is 0 Å². The molecule has 0 aliphatic carbocycles. The van der Waals surface area contributed by atoms with Crippen LogP contribution in [-0.2, 0) is 11.3 Å². The van der Waals surface area contributed by atoms with E-state index in [2.05, 4.69) is 20.5 Å². The SMILES string of the molecule is CN=C(NCCN1CCCCC1)NCc1ccc(OC)c(C(=O)OC)c1.I. The van der Waals surface area contributed by atoms with Crippen LogP contribution >= 0.6 is 24.0 Å². The minimum Gasteiger partial charge on any atom is -0.496 e. The zero-order valence-electron chi connectivity index (χ0n) is 16.4. The molecule has 8 heteroatoms. The zero-order chi connectivity index (χ0) is 18.8. The number of benzene rings is 1. The molecule has 1 saturated heterocycles. The number of halogens is 1. The average molecular weight is 490 g/mol. The molecule has 0 amide bonds. The van der Waals surface area contributed by atoms with Gasteiger partial charge in [-0.05, 0) is 43.6 Å². The van der Waals surface area contributed by atoms with Crippen molar-refractivity contribution in [2.45, 2.75) is 25.8 Å². The van der Waals surface area contributed by atoms with Crippen LogP contribution in [0, 0.1) is 0 Å². The summed E-state index contributed by atoms with van der Waals surface area (Å²) in [6.45, 7) is 4.81. The number of nitrogens with one attached hydrogen (secondary N) is 2. The van der Waals surface area contributed by atoms with Gasteiger partial charge in [-0.15, -0.1) is 24.0 Å². The number of carbonyl (C=O) groups is 1. The fourth-order valence-electron chi connectivity index (χ4n) is 3.06. The minimum atomic E-state index is -0.410. The Hall–Kier alpha value is -1.55. The smallest absolute Gasteiger partial charge is 0.341 e. The van der Waals surface area contributed by atoms with Crippen molar-refractivity contribution in [3.63, 3.8) is 0 Å². The van der Waals surface area contributed by atoms with E-state index in [-0.39, 0.29) is 24.0 Å². The Morgan fingerprint density at radius 3 is 2.56 bits per heavy atom. The number of aliphatic imine (C=N–C) groups is 1. The maximum Gasteiger partial charge on any atom is 0.341 e. The molecule has 2 rings (SSSR count). The number of esters is 1. The molecule has 0 saturated carbocycles. The summed E-state index contributed by atoms with van der Waals surface area (Å²) in [5.41, 5.74) is 1.37. The number of piperidine rings is 1. The molecule has 27 heavy (non-hydrogen) atoms. The number of ether oxygens (including phenoxy) is 2. The molecular formula is C19H31IN4O3. The summed E-state index contributed by atoms with van der Waals surface area (Å²) in [5, 5.41) is 6.61. The third-order valence-corrected chi connectivity index (χ3v) is 4.52. The van der Waals surface area contributed by atoms with Crippen LogP contribution in [-0.4, -0.2) is 64.3 Å². The monoisotopic (exact) mass is 490 g/mol. The molecule has 0 atom stereocenters. The Labute approximate surface area is 178 Å². The van der Waals surface area contributed by atoms with E-state index in [1.165, 1.54) is 46.6 Å². The number of rotatable bonds is 7. The Bertz CT molecular complexity index is 619. The lowest BCUT2D eigenvalue weighted by Crippen LogP contribution is -2.42. The lowest BCUT2D eigenvalue weighted by molar-refractivity contribution is 0.0597. The van der Waals surface area contributed by atoms with Crippen LogP contribution in [0.1, 0.15) is 35.2 Å². The van der Waals surface area contributed by atoms with E-state index in [0.29, 0.717) is 17.9 Å². The van der Waals surface area contributed by atoms with E-state index in [9.17, 15) is 4.79 Å². The van der Waals surface area contributed by atoms with Crippen molar-refractivity contribution in [1.82, 2.24) is 15.5 Å². The normalized spacial score (nSPS) is 14.9. The molecule has 0 radical (unpaired) electrons. The van der Waals surface area contributed by atoms with Gasteiger partial charge < -0.3 is 25.0 Å². The van der Waals surface area contributed by atoms with Gasteiger partial charge >= 0.3 is 5.97 Å². The van der Waals surface area contributed by atoms with Gasteiger partial charge in [-0.2, -0.15) is 0 Å². The second-order valence-electron chi connectivity index (χ2n) is 6.28. The molecule has 1 aromatic carbocycles. The molecule has 1 aliphatic rings. The van der Waals surface area contributed by atoms with Crippen LogP contribution < -0.4 is 15.4 Å². The number of methoxy groups -OCH3 is 2. The lowest BCUT2D eigenvalue weighted by Gasteiger charge is -2.26. The van der Waals surface area contributed by atoms with Crippen LogP contribution in [0.5, 0.6) is 5.75 Å². The number of carbonyl (C=O) groups excluding carboxylic acids is 1. The van der Waals surface area contributed by atoms with Gasteiger partial charge in [0.2, 0.25) is 0 Å². The van der Waals surface area contributed by atoms with E-state index in [1.807, 2.05) is 6.07 Å². The van der Waals surface area contributed by atoms with E-state index >= 15 is 0 Å². The Morgan fingerprint density at radius 2 is 1.93 bits per heavy atom. The van der Waals surface area contributed by atoms with Gasteiger partial charge in [0.1, 0.15) is 11.3 Å². The number of guanidine groups is 1. The van der Waals surface area contributed by atoms with Crippen LogP contribution in [0.3, 0.4) is 0 Å². The molecule has 0 bridgehead atoms. The van der Waals surface area contributed by atoms with Crippen molar-refractivity contribution in [2.24, 2.45) is 4.99 Å². The fourth-order valence-corrected chi connectivity index (χ4v) is 3.06. The van der Waals surface area contributed by atoms with Gasteiger partial charge in [0.05, 0.1) is 14.2 Å². The summed E-state index contributed by atoms with van der Waals surface area (Å²) in [7, 11) is 4.65. The largest absolute Gasteiger partial charge is 0.496 e. The van der Waals surface area contributed by atoms with E-state index in [4.69, 9.17) is 9.47 Å². The maximum atomic E-state index is 11.9. The van der Waals surface area contributed by atoms with Crippen LogP contribution in [0.25, 0.3) is 0 Å². The fraction of sp³-hybridized carbons (Fsp3) is 0.579. The maximum absolute atomic E-state index is 11.9.